The number of alkyl halides is 1. The third kappa shape index (κ3) is 1.36. The van der Waals surface area contributed by atoms with E-state index < -0.39 is 0 Å². The van der Waals surface area contributed by atoms with Crippen molar-refractivity contribution in [2.75, 3.05) is 0 Å². The summed E-state index contributed by atoms with van der Waals surface area (Å²) in [6.07, 6.45) is 5.16. The van der Waals surface area contributed by atoms with Gasteiger partial charge in [-0.2, -0.15) is 5.10 Å². The number of hydrogen-bond acceptors (Lipinski definition) is 3. The van der Waals surface area contributed by atoms with E-state index in [1.807, 2.05) is 28.9 Å². The topological polar surface area (TPSA) is 43.3 Å². The van der Waals surface area contributed by atoms with E-state index in [0.717, 1.165) is 22.5 Å². The van der Waals surface area contributed by atoms with Crippen molar-refractivity contribution in [3.63, 3.8) is 0 Å². The first-order chi connectivity index (χ1) is 7.90. The summed E-state index contributed by atoms with van der Waals surface area (Å²) >= 11 is 3.39. The van der Waals surface area contributed by atoms with Crippen molar-refractivity contribution in [2.24, 2.45) is 0 Å². The summed E-state index contributed by atoms with van der Waals surface area (Å²) in [5.74, 6) is 0.776. The first-order valence-corrected chi connectivity index (χ1v) is 5.93. The summed E-state index contributed by atoms with van der Waals surface area (Å²) < 4.78 is 7.23. The zero-order valence-corrected chi connectivity index (χ0v) is 9.89. The first-order valence-electron chi connectivity index (χ1n) is 4.81. The van der Waals surface area contributed by atoms with Gasteiger partial charge in [0.1, 0.15) is 0 Å². The molecule has 0 aromatic carbocycles. The Morgan fingerprint density at radius 1 is 1.38 bits per heavy atom. The lowest BCUT2D eigenvalue weighted by molar-refractivity contribution is 0.572. The fourth-order valence-corrected chi connectivity index (χ4v) is 2.09. The number of aromatic nitrogens is 3. The average molecular weight is 278 g/mol. The van der Waals surface area contributed by atoms with Gasteiger partial charge < -0.3 is 4.42 Å². The summed E-state index contributed by atoms with van der Waals surface area (Å²) in [4.78, 5) is 4.15. The Morgan fingerprint density at radius 2 is 2.31 bits per heavy atom. The molecular weight excluding hydrogens is 270 g/mol. The van der Waals surface area contributed by atoms with Crippen molar-refractivity contribution < 1.29 is 4.42 Å². The molecule has 0 aliphatic rings. The van der Waals surface area contributed by atoms with Gasteiger partial charge in [-0.25, -0.2) is 9.50 Å². The molecule has 4 nitrogen and oxygen atoms in total. The minimum Gasteiger partial charge on any atom is -0.443 e. The van der Waals surface area contributed by atoms with E-state index in [0.29, 0.717) is 5.33 Å². The van der Waals surface area contributed by atoms with Crippen molar-refractivity contribution in [1.29, 1.82) is 0 Å². The van der Waals surface area contributed by atoms with E-state index in [9.17, 15) is 0 Å². The molecule has 0 saturated heterocycles. The van der Waals surface area contributed by atoms with Gasteiger partial charge in [0.15, 0.2) is 12.2 Å². The molecule has 0 atom stereocenters. The number of oxazole rings is 1. The Kier molecular flexibility index (Phi) is 2.25. The monoisotopic (exact) mass is 277 g/mol. The second-order valence-corrected chi connectivity index (χ2v) is 3.91. The van der Waals surface area contributed by atoms with E-state index >= 15 is 0 Å². The number of rotatable bonds is 2. The maximum absolute atomic E-state index is 5.41. The number of hydrogen-bond donors (Lipinski definition) is 0. The zero-order valence-electron chi connectivity index (χ0n) is 8.30. The van der Waals surface area contributed by atoms with Crippen LogP contribution < -0.4 is 0 Å². The molecular formula is C11H8BrN3O. The summed E-state index contributed by atoms with van der Waals surface area (Å²) in [5.41, 5.74) is 2.87. The van der Waals surface area contributed by atoms with Crippen LogP contribution in [0.1, 0.15) is 5.69 Å². The molecule has 0 spiro atoms. The maximum Gasteiger partial charge on any atom is 0.181 e. The second kappa shape index (κ2) is 3.75. The molecule has 0 aliphatic heterocycles. The highest BCUT2D eigenvalue weighted by Crippen LogP contribution is 2.28. The minimum atomic E-state index is 0.670. The quantitative estimate of drug-likeness (QED) is 0.677. The molecule has 0 bridgehead atoms. The van der Waals surface area contributed by atoms with Crippen molar-refractivity contribution >= 4 is 21.4 Å². The van der Waals surface area contributed by atoms with Gasteiger partial charge in [0.25, 0.3) is 0 Å². The highest BCUT2D eigenvalue weighted by Gasteiger charge is 2.14. The largest absolute Gasteiger partial charge is 0.443 e. The van der Waals surface area contributed by atoms with Gasteiger partial charge in [-0.3, -0.25) is 0 Å². The molecule has 80 valence electrons. The lowest BCUT2D eigenvalue weighted by Crippen LogP contribution is -1.84. The van der Waals surface area contributed by atoms with Crippen LogP contribution in [0.2, 0.25) is 0 Å². The Balaban J connectivity index is 2.26. The number of pyridine rings is 1. The standard InChI is InChI=1S/C11H8BrN3O/c12-5-9-11(16-7-13-9)8-6-14-15-4-2-1-3-10(8)15/h1-4,6-7H,5H2. The summed E-state index contributed by atoms with van der Waals surface area (Å²) in [6.45, 7) is 0. The number of halogens is 1. The molecule has 0 amide bonds. The number of nitrogens with zero attached hydrogens (tertiary/aromatic N) is 3. The predicted octanol–water partition coefficient (Wildman–Crippen LogP) is 2.88. The van der Waals surface area contributed by atoms with E-state index in [4.69, 9.17) is 4.42 Å². The molecule has 0 fully saturated rings. The lowest BCUT2D eigenvalue weighted by atomic mass is 10.2. The van der Waals surface area contributed by atoms with Crippen LogP contribution in [0, 0.1) is 0 Å². The third-order valence-electron chi connectivity index (χ3n) is 2.44. The Labute approximate surface area is 100 Å². The fraction of sp³-hybridized carbons (Fsp3) is 0.0909. The molecule has 3 rings (SSSR count). The van der Waals surface area contributed by atoms with Gasteiger partial charge >= 0.3 is 0 Å². The summed E-state index contributed by atoms with van der Waals surface area (Å²) in [7, 11) is 0. The predicted molar refractivity (Wildman–Crippen MR) is 63.3 cm³/mol. The molecule has 3 aromatic rings. The van der Waals surface area contributed by atoms with Crippen molar-refractivity contribution in [1.82, 2.24) is 14.6 Å². The lowest BCUT2D eigenvalue weighted by Gasteiger charge is -1.96. The number of fused-ring (bicyclic) bond motifs is 1. The zero-order chi connectivity index (χ0) is 11.0. The molecule has 3 heterocycles. The Hall–Kier alpha value is -1.62. The molecule has 0 saturated carbocycles. The molecule has 5 heteroatoms. The maximum atomic E-state index is 5.41. The smallest absolute Gasteiger partial charge is 0.181 e. The highest BCUT2D eigenvalue weighted by atomic mass is 79.9. The van der Waals surface area contributed by atoms with Crippen LogP contribution >= 0.6 is 15.9 Å². The molecule has 0 aliphatic carbocycles. The van der Waals surface area contributed by atoms with Gasteiger partial charge in [-0.15, -0.1) is 0 Å². The van der Waals surface area contributed by atoms with Crippen LogP contribution in [-0.4, -0.2) is 14.6 Å². The van der Waals surface area contributed by atoms with E-state index in [-0.39, 0.29) is 0 Å². The first kappa shape index (κ1) is 9.59. The summed E-state index contributed by atoms with van der Waals surface area (Å²) in [5, 5.41) is 4.93. The second-order valence-electron chi connectivity index (χ2n) is 3.35. The SMILES string of the molecule is BrCc1ncoc1-c1cnn2ccccc12. The molecule has 0 unspecified atom stereocenters. The van der Waals surface area contributed by atoms with Gasteiger partial charge in [0.2, 0.25) is 0 Å². The third-order valence-corrected chi connectivity index (χ3v) is 2.97. The van der Waals surface area contributed by atoms with Gasteiger partial charge in [0.05, 0.1) is 23.0 Å². The molecule has 3 aromatic heterocycles. The molecule has 0 radical (unpaired) electrons. The van der Waals surface area contributed by atoms with Crippen LogP contribution in [0.5, 0.6) is 0 Å². The van der Waals surface area contributed by atoms with Crippen molar-refractivity contribution in [2.45, 2.75) is 5.33 Å². The average Bonchev–Trinajstić information content (AvgIpc) is 2.94. The Morgan fingerprint density at radius 3 is 3.19 bits per heavy atom. The van der Waals surface area contributed by atoms with Crippen LogP contribution in [0.15, 0.2) is 41.4 Å². The van der Waals surface area contributed by atoms with E-state index in [2.05, 4.69) is 26.0 Å². The van der Waals surface area contributed by atoms with Crippen LogP contribution in [0.3, 0.4) is 0 Å². The van der Waals surface area contributed by atoms with E-state index in [1.54, 1.807) is 6.20 Å². The van der Waals surface area contributed by atoms with Gasteiger partial charge in [-0.05, 0) is 12.1 Å². The van der Waals surface area contributed by atoms with Gasteiger partial charge in [0, 0.05) is 11.5 Å². The van der Waals surface area contributed by atoms with Crippen molar-refractivity contribution in [3.05, 3.63) is 42.7 Å². The van der Waals surface area contributed by atoms with Crippen LogP contribution in [0.25, 0.3) is 16.8 Å². The van der Waals surface area contributed by atoms with Crippen LogP contribution in [-0.2, 0) is 5.33 Å². The minimum absolute atomic E-state index is 0.670. The molecule has 0 N–H and O–H groups in total. The normalized spacial score (nSPS) is 11.1. The molecule has 16 heavy (non-hydrogen) atoms. The fourth-order valence-electron chi connectivity index (χ4n) is 1.69. The van der Waals surface area contributed by atoms with Crippen molar-refractivity contribution in [3.8, 4) is 11.3 Å². The van der Waals surface area contributed by atoms with Crippen LogP contribution in [0.4, 0.5) is 0 Å². The summed E-state index contributed by atoms with van der Waals surface area (Å²) in [6, 6.07) is 5.92. The van der Waals surface area contributed by atoms with E-state index in [1.165, 1.54) is 6.39 Å². The van der Waals surface area contributed by atoms with Gasteiger partial charge in [-0.1, -0.05) is 22.0 Å². The Bertz CT molecular complexity index is 629. The highest BCUT2D eigenvalue weighted by molar-refractivity contribution is 9.08.